The molecule has 2 rings (SSSR count). The lowest BCUT2D eigenvalue weighted by Crippen LogP contribution is -2.13. The molecule has 0 saturated carbocycles. The van der Waals surface area contributed by atoms with Crippen LogP contribution in [-0.2, 0) is 13.1 Å². The second-order valence-corrected chi connectivity index (χ2v) is 4.74. The molecule has 3 heteroatoms. The summed E-state index contributed by atoms with van der Waals surface area (Å²) in [7, 11) is 0. The number of benzene rings is 2. The smallest absolute Gasteiger partial charge is 0.120 e. The fraction of sp³-hybridized carbons (Fsp3) is 0.200. The van der Waals surface area contributed by atoms with Crippen LogP contribution >= 0.6 is 11.6 Å². The highest BCUT2D eigenvalue weighted by molar-refractivity contribution is 6.30. The summed E-state index contributed by atoms with van der Waals surface area (Å²) in [4.78, 5) is 0. The number of phenolic OH excluding ortho intramolecular Hbond substituents is 1. The third-order valence-electron chi connectivity index (χ3n) is 2.93. The topological polar surface area (TPSA) is 32.3 Å². The van der Waals surface area contributed by atoms with Crippen molar-refractivity contribution in [3.05, 3.63) is 64.2 Å². The molecule has 0 saturated heterocycles. The van der Waals surface area contributed by atoms with Gasteiger partial charge >= 0.3 is 0 Å². The first-order valence-electron chi connectivity index (χ1n) is 5.89. The van der Waals surface area contributed by atoms with E-state index in [1.54, 1.807) is 6.07 Å². The quantitative estimate of drug-likeness (QED) is 0.881. The van der Waals surface area contributed by atoms with Crippen LogP contribution < -0.4 is 5.32 Å². The lowest BCUT2D eigenvalue weighted by atomic mass is 10.1. The molecule has 2 aromatic carbocycles. The van der Waals surface area contributed by atoms with Gasteiger partial charge in [0, 0.05) is 23.7 Å². The van der Waals surface area contributed by atoms with Crippen LogP contribution in [0, 0.1) is 6.92 Å². The molecular formula is C15H16ClNO. The standard InChI is InChI=1S/C15H16ClNO/c1-11-8-14(16)7-6-12(11)9-17-10-13-4-2-3-5-15(13)18/h2-8,17-18H,9-10H2,1H3. The van der Waals surface area contributed by atoms with E-state index in [1.807, 2.05) is 43.3 Å². The monoisotopic (exact) mass is 261 g/mol. The lowest BCUT2D eigenvalue weighted by molar-refractivity contribution is 0.464. The third kappa shape index (κ3) is 3.25. The molecule has 0 unspecified atom stereocenters. The third-order valence-corrected chi connectivity index (χ3v) is 3.16. The van der Waals surface area contributed by atoms with Gasteiger partial charge in [-0.2, -0.15) is 0 Å². The summed E-state index contributed by atoms with van der Waals surface area (Å²) < 4.78 is 0. The van der Waals surface area contributed by atoms with Gasteiger partial charge < -0.3 is 10.4 Å². The van der Waals surface area contributed by atoms with Crippen molar-refractivity contribution in [1.82, 2.24) is 5.32 Å². The van der Waals surface area contributed by atoms with Gasteiger partial charge in [0.1, 0.15) is 5.75 Å². The number of hydrogen-bond donors (Lipinski definition) is 2. The van der Waals surface area contributed by atoms with Gasteiger partial charge in [0.15, 0.2) is 0 Å². The Labute approximate surface area is 112 Å². The van der Waals surface area contributed by atoms with Crippen LogP contribution in [0.2, 0.25) is 5.02 Å². The molecule has 2 nitrogen and oxygen atoms in total. The van der Waals surface area contributed by atoms with Crippen molar-refractivity contribution >= 4 is 11.6 Å². The number of aromatic hydroxyl groups is 1. The average Bonchev–Trinajstić information content (AvgIpc) is 2.34. The van der Waals surface area contributed by atoms with Crippen molar-refractivity contribution in [3.8, 4) is 5.75 Å². The average molecular weight is 262 g/mol. The van der Waals surface area contributed by atoms with Gasteiger partial charge in [0.2, 0.25) is 0 Å². The predicted octanol–water partition coefficient (Wildman–Crippen LogP) is 3.64. The number of halogens is 1. The highest BCUT2D eigenvalue weighted by atomic mass is 35.5. The predicted molar refractivity (Wildman–Crippen MR) is 74.8 cm³/mol. The molecule has 0 bridgehead atoms. The molecule has 0 atom stereocenters. The minimum absolute atomic E-state index is 0.331. The van der Waals surface area contributed by atoms with Crippen molar-refractivity contribution < 1.29 is 5.11 Å². The minimum atomic E-state index is 0.331. The zero-order valence-corrected chi connectivity index (χ0v) is 11.0. The Kier molecular flexibility index (Phi) is 4.24. The second-order valence-electron chi connectivity index (χ2n) is 4.30. The molecule has 2 aromatic rings. The fourth-order valence-electron chi connectivity index (χ4n) is 1.85. The Bertz CT molecular complexity index is 540. The van der Waals surface area contributed by atoms with Gasteiger partial charge in [-0.3, -0.25) is 0 Å². The number of para-hydroxylation sites is 1. The van der Waals surface area contributed by atoms with Gasteiger partial charge in [-0.05, 0) is 36.2 Å². The highest BCUT2D eigenvalue weighted by Gasteiger charge is 2.01. The number of nitrogens with one attached hydrogen (secondary N) is 1. The van der Waals surface area contributed by atoms with Crippen molar-refractivity contribution in [1.29, 1.82) is 0 Å². The first-order valence-corrected chi connectivity index (χ1v) is 6.27. The molecule has 0 amide bonds. The zero-order valence-electron chi connectivity index (χ0n) is 10.3. The van der Waals surface area contributed by atoms with E-state index in [4.69, 9.17) is 11.6 Å². The zero-order chi connectivity index (χ0) is 13.0. The Morgan fingerprint density at radius 2 is 1.78 bits per heavy atom. The molecule has 0 spiro atoms. The van der Waals surface area contributed by atoms with Crippen molar-refractivity contribution in [2.45, 2.75) is 20.0 Å². The fourth-order valence-corrected chi connectivity index (χ4v) is 2.08. The number of aryl methyl sites for hydroxylation is 1. The minimum Gasteiger partial charge on any atom is -0.508 e. The van der Waals surface area contributed by atoms with E-state index in [0.717, 1.165) is 17.1 Å². The van der Waals surface area contributed by atoms with Gasteiger partial charge in [0.25, 0.3) is 0 Å². The Hall–Kier alpha value is -1.51. The highest BCUT2D eigenvalue weighted by Crippen LogP contribution is 2.17. The van der Waals surface area contributed by atoms with E-state index in [0.29, 0.717) is 12.3 Å². The molecule has 0 aromatic heterocycles. The van der Waals surface area contributed by atoms with Crippen LogP contribution in [0.5, 0.6) is 5.75 Å². The molecular weight excluding hydrogens is 246 g/mol. The molecule has 0 radical (unpaired) electrons. The molecule has 2 N–H and O–H groups in total. The SMILES string of the molecule is Cc1cc(Cl)ccc1CNCc1ccccc1O. The van der Waals surface area contributed by atoms with E-state index in [9.17, 15) is 5.11 Å². The summed E-state index contributed by atoms with van der Waals surface area (Å²) >= 11 is 5.91. The van der Waals surface area contributed by atoms with Crippen LogP contribution in [0.1, 0.15) is 16.7 Å². The van der Waals surface area contributed by atoms with Crippen LogP contribution in [0.3, 0.4) is 0 Å². The van der Waals surface area contributed by atoms with Crippen molar-refractivity contribution in [2.75, 3.05) is 0 Å². The summed E-state index contributed by atoms with van der Waals surface area (Å²) in [6.07, 6.45) is 0. The largest absolute Gasteiger partial charge is 0.508 e. The summed E-state index contributed by atoms with van der Waals surface area (Å²) in [5, 5.41) is 13.7. The van der Waals surface area contributed by atoms with E-state index in [-0.39, 0.29) is 0 Å². The molecule has 0 aliphatic rings. The van der Waals surface area contributed by atoms with Gasteiger partial charge in [-0.25, -0.2) is 0 Å². The van der Waals surface area contributed by atoms with E-state index >= 15 is 0 Å². The Balaban J connectivity index is 1.95. The second kappa shape index (κ2) is 5.89. The van der Waals surface area contributed by atoms with Crippen LogP contribution in [-0.4, -0.2) is 5.11 Å². The maximum absolute atomic E-state index is 9.64. The molecule has 18 heavy (non-hydrogen) atoms. The maximum atomic E-state index is 9.64. The number of rotatable bonds is 4. The summed E-state index contributed by atoms with van der Waals surface area (Å²) in [6, 6.07) is 13.2. The number of phenols is 1. The van der Waals surface area contributed by atoms with Crippen LogP contribution in [0.15, 0.2) is 42.5 Å². The number of hydrogen-bond acceptors (Lipinski definition) is 2. The molecule has 0 aliphatic heterocycles. The lowest BCUT2D eigenvalue weighted by Gasteiger charge is -2.09. The first kappa shape index (κ1) is 12.9. The van der Waals surface area contributed by atoms with E-state index in [1.165, 1.54) is 11.1 Å². The van der Waals surface area contributed by atoms with Crippen molar-refractivity contribution in [2.24, 2.45) is 0 Å². The maximum Gasteiger partial charge on any atom is 0.120 e. The van der Waals surface area contributed by atoms with Gasteiger partial charge in [-0.15, -0.1) is 0 Å². The molecule has 0 aliphatic carbocycles. The molecule has 0 heterocycles. The normalized spacial score (nSPS) is 10.6. The van der Waals surface area contributed by atoms with Crippen LogP contribution in [0.4, 0.5) is 0 Å². The summed E-state index contributed by atoms with van der Waals surface area (Å²) in [5.41, 5.74) is 3.30. The first-order chi connectivity index (χ1) is 8.66. The van der Waals surface area contributed by atoms with E-state index in [2.05, 4.69) is 5.32 Å². The summed E-state index contributed by atoms with van der Waals surface area (Å²) in [6.45, 7) is 3.45. The Morgan fingerprint density at radius 1 is 1.06 bits per heavy atom. The van der Waals surface area contributed by atoms with Crippen molar-refractivity contribution in [3.63, 3.8) is 0 Å². The molecule has 94 valence electrons. The van der Waals surface area contributed by atoms with E-state index < -0.39 is 0 Å². The summed E-state index contributed by atoms with van der Waals surface area (Å²) in [5.74, 6) is 0.331. The van der Waals surface area contributed by atoms with Gasteiger partial charge in [-0.1, -0.05) is 35.9 Å². The Morgan fingerprint density at radius 3 is 2.50 bits per heavy atom. The van der Waals surface area contributed by atoms with Crippen LogP contribution in [0.25, 0.3) is 0 Å². The van der Waals surface area contributed by atoms with Gasteiger partial charge in [0.05, 0.1) is 0 Å². The molecule has 0 fully saturated rings.